The first-order valence-electron chi connectivity index (χ1n) is 11.6. The van der Waals surface area contributed by atoms with Gasteiger partial charge in [0.2, 0.25) is 0 Å². The van der Waals surface area contributed by atoms with Crippen LogP contribution in [-0.2, 0) is 14.3 Å². The van der Waals surface area contributed by atoms with Crippen LogP contribution in [0.25, 0.3) is 0 Å². The molecular weight excluding hydrogens is 387 g/mol. The zero-order chi connectivity index (χ0) is 22.3. The lowest BCUT2D eigenvalue weighted by atomic mass is 9.42. The summed E-state index contributed by atoms with van der Waals surface area (Å²) in [5, 5.41) is 23.1. The first-order valence-corrected chi connectivity index (χ1v) is 11.6. The van der Waals surface area contributed by atoms with Gasteiger partial charge in [-0.3, -0.25) is 9.59 Å². The second-order valence-corrected chi connectivity index (χ2v) is 11.3. The molecule has 0 aromatic carbocycles. The Balaban J connectivity index is 1.68. The van der Waals surface area contributed by atoms with E-state index in [2.05, 4.69) is 0 Å². The van der Waals surface area contributed by atoms with E-state index in [1.54, 1.807) is 0 Å². The number of hydrogen-bond donors (Lipinski definition) is 2. The van der Waals surface area contributed by atoms with Crippen LogP contribution in [-0.4, -0.2) is 45.4 Å². The van der Waals surface area contributed by atoms with Crippen molar-refractivity contribution in [1.29, 1.82) is 0 Å². The van der Waals surface area contributed by atoms with Crippen molar-refractivity contribution in [2.24, 2.45) is 34.5 Å². The topological polar surface area (TPSA) is 83.8 Å². The summed E-state index contributed by atoms with van der Waals surface area (Å²) in [5.41, 5.74) is -4.04. The van der Waals surface area contributed by atoms with E-state index in [1.165, 1.54) is 13.8 Å². The maximum absolute atomic E-state index is 15.7. The number of esters is 1. The predicted octanol–water partition coefficient (Wildman–Crippen LogP) is 3.59. The van der Waals surface area contributed by atoms with E-state index >= 15 is 4.39 Å². The van der Waals surface area contributed by atoms with E-state index in [0.29, 0.717) is 25.7 Å². The first kappa shape index (κ1) is 22.2. The number of halogens is 1. The number of carbonyl (C=O) groups excluding carboxylic acids is 2. The molecule has 6 heteroatoms. The zero-order valence-corrected chi connectivity index (χ0v) is 18.9. The summed E-state index contributed by atoms with van der Waals surface area (Å²) in [4.78, 5) is 23.9. The number of ether oxygens (including phenoxy) is 1. The molecule has 0 spiro atoms. The maximum atomic E-state index is 15.7. The van der Waals surface area contributed by atoms with Crippen LogP contribution in [0.15, 0.2) is 0 Å². The van der Waals surface area contributed by atoms with Crippen molar-refractivity contribution in [3.8, 4) is 0 Å². The highest BCUT2D eigenvalue weighted by Gasteiger charge is 2.72. The Morgan fingerprint density at radius 2 is 1.63 bits per heavy atom. The molecule has 0 aromatic heterocycles. The van der Waals surface area contributed by atoms with Crippen LogP contribution in [0, 0.1) is 34.5 Å². The molecule has 4 fully saturated rings. The molecule has 5 nitrogen and oxygen atoms in total. The van der Waals surface area contributed by atoms with Crippen LogP contribution in [0.2, 0.25) is 0 Å². The van der Waals surface area contributed by atoms with Gasteiger partial charge in [0.15, 0.2) is 5.78 Å². The third-order valence-electron chi connectivity index (χ3n) is 10.2. The van der Waals surface area contributed by atoms with E-state index in [-0.39, 0.29) is 42.3 Å². The average Bonchev–Trinajstić information content (AvgIpc) is 2.85. The van der Waals surface area contributed by atoms with Crippen molar-refractivity contribution < 1.29 is 28.9 Å². The molecule has 0 unspecified atom stereocenters. The van der Waals surface area contributed by atoms with E-state index in [1.807, 2.05) is 20.8 Å². The Morgan fingerprint density at radius 3 is 2.23 bits per heavy atom. The van der Waals surface area contributed by atoms with E-state index in [4.69, 9.17) is 4.74 Å². The summed E-state index contributed by atoms with van der Waals surface area (Å²) in [7, 11) is 0. The predicted molar refractivity (Wildman–Crippen MR) is 109 cm³/mol. The Morgan fingerprint density at radius 1 is 1.00 bits per heavy atom. The van der Waals surface area contributed by atoms with Gasteiger partial charge in [0.05, 0.1) is 0 Å². The Kier molecular flexibility index (Phi) is 4.99. The van der Waals surface area contributed by atoms with Crippen molar-refractivity contribution in [3.63, 3.8) is 0 Å². The summed E-state index contributed by atoms with van der Waals surface area (Å²) in [6.45, 7) is 8.80. The molecule has 4 saturated carbocycles. The quantitative estimate of drug-likeness (QED) is 0.662. The van der Waals surface area contributed by atoms with Crippen molar-refractivity contribution in [1.82, 2.24) is 0 Å². The molecule has 30 heavy (non-hydrogen) atoms. The summed E-state index contributed by atoms with van der Waals surface area (Å²) in [5.74, 6) is -0.512. The number of ketones is 1. The number of Topliss-reactive ketones (excluding diaryl/α,β-unsaturated/α-hetero) is 1. The van der Waals surface area contributed by atoms with Gasteiger partial charge in [0, 0.05) is 24.2 Å². The second kappa shape index (κ2) is 6.74. The number of alkyl halides is 1. The Labute approximate surface area is 178 Å². The molecule has 0 radical (unpaired) electrons. The first-order chi connectivity index (χ1) is 13.8. The normalized spacial score (nSPS) is 55.2. The van der Waals surface area contributed by atoms with Crippen LogP contribution in [0.5, 0.6) is 0 Å². The van der Waals surface area contributed by atoms with Gasteiger partial charge in [-0.15, -0.1) is 0 Å². The average molecular weight is 425 g/mol. The maximum Gasteiger partial charge on any atom is 0.302 e. The third kappa shape index (κ3) is 2.58. The minimum absolute atomic E-state index is 0.0325. The fourth-order valence-electron chi connectivity index (χ4n) is 8.62. The molecule has 2 N–H and O–H groups in total. The van der Waals surface area contributed by atoms with Crippen molar-refractivity contribution in [2.75, 3.05) is 0 Å². The van der Waals surface area contributed by atoms with Crippen molar-refractivity contribution in [2.45, 2.75) is 103 Å². The smallest absolute Gasteiger partial charge is 0.302 e. The molecule has 10 atom stereocenters. The molecule has 0 heterocycles. The lowest BCUT2D eigenvalue weighted by Gasteiger charge is -2.65. The molecule has 4 aliphatic carbocycles. The largest absolute Gasteiger partial charge is 0.462 e. The van der Waals surface area contributed by atoms with Crippen molar-refractivity contribution in [3.05, 3.63) is 0 Å². The molecule has 0 aliphatic heterocycles. The van der Waals surface area contributed by atoms with Gasteiger partial charge in [0.25, 0.3) is 0 Å². The molecule has 0 amide bonds. The van der Waals surface area contributed by atoms with Gasteiger partial charge in [-0.2, -0.15) is 0 Å². The monoisotopic (exact) mass is 424 g/mol. The lowest BCUT2D eigenvalue weighted by molar-refractivity contribution is -0.255. The number of aliphatic hydroxyl groups is 2. The molecular formula is C24H37FO5. The zero-order valence-electron chi connectivity index (χ0n) is 18.9. The number of hydrogen-bond acceptors (Lipinski definition) is 5. The molecule has 0 bridgehead atoms. The van der Waals surface area contributed by atoms with E-state index < -0.39 is 40.3 Å². The summed E-state index contributed by atoms with van der Waals surface area (Å²) < 4.78 is 21.1. The molecule has 4 aliphatic rings. The minimum atomic E-state index is -1.51. The van der Waals surface area contributed by atoms with Gasteiger partial charge in [-0.1, -0.05) is 20.8 Å². The Hall–Kier alpha value is -1.01. The number of carbonyl (C=O) groups is 2. The molecule has 0 saturated heterocycles. The number of fused-ring (bicyclic) bond motifs is 5. The minimum Gasteiger partial charge on any atom is -0.462 e. The third-order valence-corrected chi connectivity index (χ3v) is 10.2. The van der Waals surface area contributed by atoms with Crippen LogP contribution >= 0.6 is 0 Å². The summed E-state index contributed by atoms with van der Waals surface area (Å²) >= 11 is 0. The van der Waals surface area contributed by atoms with Crippen LogP contribution in [0.1, 0.15) is 79.6 Å². The van der Waals surface area contributed by atoms with E-state index in [9.17, 15) is 19.8 Å². The Bertz CT molecular complexity index is 756. The van der Waals surface area contributed by atoms with Gasteiger partial charge in [-0.25, -0.2) is 4.39 Å². The molecule has 170 valence electrons. The highest BCUT2D eigenvalue weighted by molar-refractivity contribution is 5.86. The summed E-state index contributed by atoms with van der Waals surface area (Å²) in [6.07, 6.45) is 1.95. The second-order valence-electron chi connectivity index (χ2n) is 11.3. The standard InChI is InChI=1S/C24H37FO5/c1-13-10-19-17-11-20(25)23(28)12-16(30-15(3)27)6-8-21(23,4)18(17)7-9-22(19,5)24(13,29)14(2)26/h13,16-20,28-29H,6-12H2,1-5H3/t13-,16+,17-,18+,19+,20-,21-,22+,23+,24+/m1/s1. The molecule has 0 aromatic rings. The van der Waals surface area contributed by atoms with Crippen LogP contribution in [0.4, 0.5) is 4.39 Å². The van der Waals surface area contributed by atoms with Crippen LogP contribution < -0.4 is 0 Å². The summed E-state index contributed by atoms with van der Waals surface area (Å²) in [6, 6.07) is 0. The fourth-order valence-corrected chi connectivity index (χ4v) is 8.62. The van der Waals surface area contributed by atoms with Gasteiger partial charge in [0.1, 0.15) is 23.5 Å². The molecule has 4 rings (SSSR count). The lowest BCUT2D eigenvalue weighted by Crippen LogP contribution is -2.68. The highest BCUT2D eigenvalue weighted by atomic mass is 19.1. The highest BCUT2D eigenvalue weighted by Crippen LogP contribution is 2.70. The van der Waals surface area contributed by atoms with E-state index in [0.717, 1.165) is 6.42 Å². The van der Waals surface area contributed by atoms with Gasteiger partial charge in [-0.05, 0) is 69.1 Å². The van der Waals surface area contributed by atoms with Gasteiger partial charge >= 0.3 is 5.97 Å². The fraction of sp³-hybridized carbons (Fsp3) is 0.917. The van der Waals surface area contributed by atoms with Gasteiger partial charge < -0.3 is 14.9 Å². The van der Waals surface area contributed by atoms with Crippen LogP contribution in [0.3, 0.4) is 0 Å². The number of rotatable bonds is 2. The van der Waals surface area contributed by atoms with Crippen molar-refractivity contribution >= 4 is 11.8 Å². The SMILES string of the molecule is CC(=O)O[C@H]1CC[C@]2(C)[C@H]3CC[C@@]4(C)[C@@H](C[C@@H](C)[C@]4(O)C(C)=O)[C@@H]3C[C@@H](F)[C@@]2(O)C1.